The second-order valence-electron chi connectivity index (χ2n) is 6.60. The van der Waals surface area contributed by atoms with Crippen LogP contribution in [0.3, 0.4) is 0 Å². The molecule has 25 heavy (non-hydrogen) atoms. The van der Waals surface area contributed by atoms with E-state index in [0.717, 1.165) is 32.0 Å². The number of anilines is 1. The third kappa shape index (κ3) is 4.57. The zero-order chi connectivity index (χ0) is 17.6. The molecule has 2 aromatic rings. The lowest BCUT2D eigenvalue weighted by Crippen LogP contribution is -2.49. The number of nitrogens with one attached hydrogen (secondary N) is 1. The van der Waals surface area contributed by atoms with Crippen LogP contribution in [-0.2, 0) is 4.79 Å². The van der Waals surface area contributed by atoms with Crippen molar-refractivity contribution >= 4 is 11.7 Å². The van der Waals surface area contributed by atoms with Crippen LogP contribution >= 0.6 is 0 Å². The monoisotopic (exact) mass is 338 g/mol. The Morgan fingerprint density at radius 1 is 1.12 bits per heavy atom. The van der Waals surface area contributed by atoms with E-state index in [0.29, 0.717) is 6.54 Å². The molecule has 1 atom stereocenters. The Kier molecular flexibility index (Phi) is 5.66. The summed E-state index contributed by atoms with van der Waals surface area (Å²) in [7, 11) is 0. The fourth-order valence-electron chi connectivity index (χ4n) is 3.32. The standard InChI is InChI=1S/C20H26N4O/c1-16-7-3-4-8-18(16)17(2)22-20(25)15-23-11-13-24(14-12-23)19-9-5-6-10-21-19/h3-10,17H,11-15H2,1-2H3,(H,22,25). The average molecular weight is 338 g/mol. The summed E-state index contributed by atoms with van der Waals surface area (Å²) >= 11 is 0. The molecule has 1 fully saturated rings. The van der Waals surface area contributed by atoms with Gasteiger partial charge in [0.1, 0.15) is 5.82 Å². The molecular formula is C20H26N4O. The normalized spacial score (nSPS) is 16.5. The fourth-order valence-corrected chi connectivity index (χ4v) is 3.32. The Bertz CT molecular complexity index is 696. The second-order valence-corrected chi connectivity index (χ2v) is 6.60. The van der Waals surface area contributed by atoms with E-state index in [9.17, 15) is 4.79 Å². The summed E-state index contributed by atoms with van der Waals surface area (Å²) in [4.78, 5) is 21.3. The summed E-state index contributed by atoms with van der Waals surface area (Å²) in [6, 6.07) is 14.2. The van der Waals surface area contributed by atoms with E-state index in [1.54, 1.807) is 0 Å². The molecule has 0 aliphatic carbocycles. The topological polar surface area (TPSA) is 48.5 Å². The first-order chi connectivity index (χ1) is 12.1. The highest BCUT2D eigenvalue weighted by atomic mass is 16.2. The maximum atomic E-state index is 12.4. The van der Waals surface area contributed by atoms with Crippen LogP contribution in [0.15, 0.2) is 48.7 Å². The Balaban J connectivity index is 1.47. The van der Waals surface area contributed by atoms with Crippen LogP contribution in [0.4, 0.5) is 5.82 Å². The first-order valence-corrected chi connectivity index (χ1v) is 8.86. The van der Waals surface area contributed by atoms with Crippen molar-refractivity contribution in [2.24, 2.45) is 0 Å². The van der Waals surface area contributed by atoms with Gasteiger partial charge in [0.25, 0.3) is 0 Å². The van der Waals surface area contributed by atoms with E-state index in [4.69, 9.17) is 0 Å². The molecule has 0 saturated carbocycles. The van der Waals surface area contributed by atoms with Gasteiger partial charge in [-0.3, -0.25) is 9.69 Å². The van der Waals surface area contributed by atoms with Crippen LogP contribution in [-0.4, -0.2) is 48.5 Å². The summed E-state index contributed by atoms with van der Waals surface area (Å²) in [5.74, 6) is 1.10. The summed E-state index contributed by atoms with van der Waals surface area (Å²) in [5.41, 5.74) is 2.38. The maximum absolute atomic E-state index is 12.4. The molecule has 1 aromatic heterocycles. The third-order valence-electron chi connectivity index (χ3n) is 4.75. The van der Waals surface area contributed by atoms with Crippen molar-refractivity contribution in [1.29, 1.82) is 0 Å². The van der Waals surface area contributed by atoms with E-state index in [2.05, 4.69) is 39.2 Å². The van der Waals surface area contributed by atoms with E-state index < -0.39 is 0 Å². The van der Waals surface area contributed by atoms with Crippen molar-refractivity contribution in [1.82, 2.24) is 15.2 Å². The van der Waals surface area contributed by atoms with Gasteiger partial charge in [-0.15, -0.1) is 0 Å². The van der Waals surface area contributed by atoms with Crippen LogP contribution < -0.4 is 10.2 Å². The molecule has 1 saturated heterocycles. The third-order valence-corrected chi connectivity index (χ3v) is 4.75. The van der Waals surface area contributed by atoms with Gasteiger partial charge >= 0.3 is 0 Å². The number of carbonyl (C=O) groups excluding carboxylic acids is 1. The number of aryl methyl sites for hydroxylation is 1. The van der Waals surface area contributed by atoms with Crippen LogP contribution in [0.5, 0.6) is 0 Å². The van der Waals surface area contributed by atoms with Crippen molar-refractivity contribution in [3.05, 3.63) is 59.8 Å². The molecule has 5 heteroatoms. The molecule has 1 aromatic carbocycles. The van der Waals surface area contributed by atoms with Gasteiger partial charge in [0.05, 0.1) is 12.6 Å². The molecule has 0 spiro atoms. The van der Waals surface area contributed by atoms with Crippen LogP contribution in [0.2, 0.25) is 0 Å². The van der Waals surface area contributed by atoms with E-state index in [-0.39, 0.29) is 11.9 Å². The molecule has 1 unspecified atom stereocenters. The fraction of sp³-hybridized carbons (Fsp3) is 0.400. The number of rotatable bonds is 5. The van der Waals surface area contributed by atoms with Gasteiger partial charge < -0.3 is 10.2 Å². The average Bonchev–Trinajstić information content (AvgIpc) is 2.63. The Morgan fingerprint density at radius 2 is 1.84 bits per heavy atom. The summed E-state index contributed by atoms with van der Waals surface area (Å²) in [6.45, 7) is 8.13. The predicted molar refractivity (Wildman–Crippen MR) is 101 cm³/mol. The number of hydrogen-bond donors (Lipinski definition) is 1. The minimum Gasteiger partial charge on any atom is -0.354 e. The number of amides is 1. The molecule has 0 radical (unpaired) electrons. The van der Waals surface area contributed by atoms with Gasteiger partial charge in [-0.05, 0) is 37.1 Å². The molecule has 1 N–H and O–H groups in total. The number of pyridine rings is 1. The van der Waals surface area contributed by atoms with E-state index in [1.165, 1.54) is 11.1 Å². The van der Waals surface area contributed by atoms with Crippen molar-refractivity contribution in [2.75, 3.05) is 37.6 Å². The highest BCUT2D eigenvalue weighted by Crippen LogP contribution is 2.17. The molecule has 0 bridgehead atoms. The van der Waals surface area contributed by atoms with Gasteiger partial charge in [-0.25, -0.2) is 4.98 Å². The smallest absolute Gasteiger partial charge is 0.234 e. The first-order valence-electron chi connectivity index (χ1n) is 8.86. The van der Waals surface area contributed by atoms with Crippen LogP contribution in [0.25, 0.3) is 0 Å². The molecule has 1 aliphatic heterocycles. The predicted octanol–water partition coefficient (Wildman–Crippen LogP) is 2.39. The Hall–Kier alpha value is -2.40. The lowest BCUT2D eigenvalue weighted by molar-refractivity contribution is -0.123. The zero-order valence-corrected chi connectivity index (χ0v) is 15.0. The van der Waals surface area contributed by atoms with Gasteiger partial charge in [0.2, 0.25) is 5.91 Å². The highest BCUT2D eigenvalue weighted by molar-refractivity contribution is 5.78. The highest BCUT2D eigenvalue weighted by Gasteiger charge is 2.20. The zero-order valence-electron chi connectivity index (χ0n) is 15.0. The number of piperazine rings is 1. The second kappa shape index (κ2) is 8.12. The molecular weight excluding hydrogens is 312 g/mol. The van der Waals surface area contributed by atoms with Gasteiger partial charge in [0, 0.05) is 32.4 Å². The number of nitrogens with zero attached hydrogens (tertiary/aromatic N) is 3. The molecule has 3 rings (SSSR count). The molecule has 2 heterocycles. The Morgan fingerprint density at radius 3 is 2.52 bits per heavy atom. The van der Waals surface area contributed by atoms with E-state index >= 15 is 0 Å². The maximum Gasteiger partial charge on any atom is 0.234 e. The number of benzene rings is 1. The van der Waals surface area contributed by atoms with Gasteiger partial charge in [0.15, 0.2) is 0 Å². The Labute approximate surface area is 149 Å². The summed E-state index contributed by atoms with van der Waals surface area (Å²) < 4.78 is 0. The molecule has 5 nitrogen and oxygen atoms in total. The lowest BCUT2D eigenvalue weighted by atomic mass is 10.0. The van der Waals surface area contributed by atoms with Gasteiger partial charge in [-0.1, -0.05) is 30.3 Å². The number of hydrogen-bond acceptors (Lipinski definition) is 4. The van der Waals surface area contributed by atoms with Crippen LogP contribution in [0.1, 0.15) is 24.1 Å². The minimum absolute atomic E-state index is 0.0310. The molecule has 132 valence electrons. The van der Waals surface area contributed by atoms with Crippen LogP contribution in [0, 0.1) is 6.92 Å². The first kappa shape index (κ1) is 17.4. The van der Waals surface area contributed by atoms with Crippen molar-refractivity contribution < 1.29 is 4.79 Å². The lowest BCUT2D eigenvalue weighted by Gasteiger charge is -2.35. The van der Waals surface area contributed by atoms with Crippen molar-refractivity contribution in [3.63, 3.8) is 0 Å². The number of aromatic nitrogens is 1. The van der Waals surface area contributed by atoms with Crippen molar-refractivity contribution in [2.45, 2.75) is 19.9 Å². The SMILES string of the molecule is Cc1ccccc1C(C)NC(=O)CN1CCN(c2ccccn2)CC1. The molecule has 1 amide bonds. The summed E-state index contributed by atoms with van der Waals surface area (Å²) in [6.07, 6.45) is 1.82. The van der Waals surface area contributed by atoms with Crippen molar-refractivity contribution in [3.8, 4) is 0 Å². The number of carbonyl (C=O) groups is 1. The largest absolute Gasteiger partial charge is 0.354 e. The summed E-state index contributed by atoms with van der Waals surface area (Å²) in [5, 5.41) is 3.12. The van der Waals surface area contributed by atoms with Gasteiger partial charge in [-0.2, -0.15) is 0 Å². The van der Waals surface area contributed by atoms with E-state index in [1.807, 2.05) is 43.5 Å². The molecule has 1 aliphatic rings. The minimum atomic E-state index is 0.0310. The quantitative estimate of drug-likeness (QED) is 0.909.